The van der Waals surface area contributed by atoms with Crippen LogP contribution < -0.4 is 15.8 Å². The Labute approximate surface area is 176 Å². The first kappa shape index (κ1) is 20.7. The number of benzene rings is 1. The number of carbonyl (C=O) groups excluding carboxylic acids is 1. The summed E-state index contributed by atoms with van der Waals surface area (Å²) in [6.45, 7) is 4.06. The van der Waals surface area contributed by atoms with Crippen molar-refractivity contribution < 1.29 is 9.18 Å². The maximum absolute atomic E-state index is 13.9. The minimum atomic E-state index is -0.286. The molecular weight excluding hydrogens is 383 g/mol. The molecule has 3 atom stereocenters. The molecule has 1 amide bonds. The van der Waals surface area contributed by atoms with Crippen LogP contribution in [0.5, 0.6) is 0 Å². The Morgan fingerprint density at radius 3 is 2.87 bits per heavy atom. The number of likely N-dealkylation sites (tertiary alicyclic amines) is 1. The second kappa shape index (κ2) is 8.65. The summed E-state index contributed by atoms with van der Waals surface area (Å²) in [7, 11) is 3.80. The van der Waals surface area contributed by atoms with Gasteiger partial charge in [-0.3, -0.25) is 15.6 Å². The molecule has 0 radical (unpaired) electrons. The summed E-state index contributed by atoms with van der Waals surface area (Å²) in [4.78, 5) is 26.3. The van der Waals surface area contributed by atoms with Gasteiger partial charge in [-0.25, -0.2) is 14.4 Å². The highest BCUT2D eigenvalue weighted by Crippen LogP contribution is 2.34. The SMILES string of the molecule is CC1NNCC1C(=O)N1CCCC(c2nc(N(C)C)ncc2-c2cccc(F)c2)C1. The third kappa shape index (κ3) is 4.15. The molecule has 0 aliphatic carbocycles. The third-order valence-corrected chi connectivity index (χ3v) is 6.03. The summed E-state index contributed by atoms with van der Waals surface area (Å²) < 4.78 is 13.9. The van der Waals surface area contributed by atoms with E-state index in [2.05, 4.69) is 15.8 Å². The summed E-state index contributed by atoms with van der Waals surface area (Å²) in [5.74, 6) is 0.533. The highest BCUT2D eigenvalue weighted by atomic mass is 19.1. The molecule has 7 nitrogen and oxygen atoms in total. The van der Waals surface area contributed by atoms with Gasteiger partial charge in [0.25, 0.3) is 0 Å². The van der Waals surface area contributed by atoms with Crippen LogP contribution in [0.2, 0.25) is 0 Å². The van der Waals surface area contributed by atoms with E-state index >= 15 is 0 Å². The van der Waals surface area contributed by atoms with Crippen molar-refractivity contribution in [2.75, 3.05) is 38.6 Å². The van der Waals surface area contributed by atoms with Crippen molar-refractivity contribution in [3.63, 3.8) is 0 Å². The van der Waals surface area contributed by atoms with Crippen molar-refractivity contribution in [1.82, 2.24) is 25.7 Å². The first-order chi connectivity index (χ1) is 14.4. The largest absolute Gasteiger partial charge is 0.347 e. The molecule has 2 N–H and O–H groups in total. The molecule has 1 aromatic heterocycles. The van der Waals surface area contributed by atoms with Crippen LogP contribution in [-0.2, 0) is 4.79 Å². The zero-order chi connectivity index (χ0) is 21.3. The average molecular weight is 413 g/mol. The number of rotatable bonds is 4. The molecule has 30 heavy (non-hydrogen) atoms. The van der Waals surface area contributed by atoms with Crippen molar-refractivity contribution in [3.8, 4) is 11.1 Å². The molecule has 0 saturated carbocycles. The van der Waals surface area contributed by atoms with E-state index in [9.17, 15) is 9.18 Å². The summed E-state index contributed by atoms with van der Waals surface area (Å²) in [6, 6.07) is 6.64. The molecule has 8 heteroatoms. The molecule has 3 heterocycles. The van der Waals surface area contributed by atoms with E-state index < -0.39 is 0 Å². The highest BCUT2D eigenvalue weighted by molar-refractivity contribution is 5.80. The number of carbonyl (C=O) groups is 1. The van der Waals surface area contributed by atoms with Crippen molar-refractivity contribution in [2.24, 2.45) is 5.92 Å². The molecule has 4 rings (SSSR count). The van der Waals surface area contributed by atoms with E-state index in [1.165, 1.54) is 12.1 Å². The number of hydrazine groups is 1. The van der Waals surface area contributed by atoms with Crippen molar-refractivity contribution in [2.45, 2.75) is 31.7 Å². The Morgan fingerprint density at radius 2 is 2.17 bits per heavy atom. The van der Waals surface area contributed by atoms with Crippen LogP contribution in [0, 0.1) is 11.7 Å². The lowest BCUT2D eigenvalue weighted by Gasteiger charge is -2.35. The lowest BCUT2D eigenvalue weighted by atomic mass is 9.89. The van der Waals surface area contributed by atoms with Crippen LogP contribution in [0.4, 0.5) is 10.3 Å². The lowest BCUT2D eigenvalue weighted by molar-refractivity contribution is -0.136. The second-order valence-corrected chi connectivity index (χ2v) is 8.42. The van der Waals surface area contributed by atoms with E-state index in [0.29, 0.717) is 19.0 Å². The molecule has 3 unspecified atom stereocenters. The van der Waals surface area contributed by atoms with Crippen LogP contribution in [-0.4, -0.2) is 60.5 Å². The quantitative estimate of drug-likeness (QED) is 0.802. The van der Waals surface area contributed by atoms with Crippen LogP contribution in [0.25, 0.3) is 11.1 Å². The van der Waals surface area contributed by atoms with E-state index in [1.54, 1.807) is 12.3 Å². The predicted molar refractivity (Wildman–Crippen MR) is 114 cm³/mol. The average Bonchev–Trinajstić information content (AvgIpc) is 3.18. The summed E-state index contributed by atoms with van der Waals surface area (Å²) in [6.07, 6.45) is 3.63. The molecule has 1 aromatic carbocycles. The summed E-state index contributed by atoms with van der Waals surface area (Å²) in [5, 5.41) is 0. The topological polar surface area (TPSA) is 73.4 Å². The van der Waals surface area contributed by atoms with Crippen LogP contribution >= 0.6 is 0 Å². The molecule has 0 spiro atoms. The molecule has 0 bridgehead atoms. The number of nitrogens with zero attached hydrogens (tertiary/aromatic N) is 4. The number of hydrogen-bond acceptors (Lipinski definition) is 6. The fraction of sp³-hybridized carbons (Fsp3) is 0.500. The van der Waals surface area contributed by atoms with Crippen LogP contribution in [0.3, 0.4) is 0 Å². The Kier molecular flexibility index (Phi) is 5.97. The maximum atomic E-state index is 13.9. The molecule has 2 aromatic rings. The maximum Gasteiger partial charge on any atom is 0.228 e. The molecular formula is C22H29FN6O. The normalized spacial score (nSPS) is 24.1. The Balaban J connectivity index is 1.66. The fourth-order valence-corrected chi connectivity index (χ4v) is 4.33. The van der Waals surface area contributed by atoms with Gasteiger partial charge in [0.2, 0.25) is 11.9 Å². The Morgan fingerprint density at radius 1 is 1.33 bits per heavy atom. The van der Waals surface area contributed by atoms with Gasteiger partial charge in [0.15, 0.2) is 0 Å². The van der Waals surface area contributed by atoms with Crippen LogP contribution in [0.1, 0.15) is 31.4 Å². The minimum absolute atomic E-state index is 0.0609. The van der Waals surface area contributed by atoms with Crippen molar-refractivity contribution in [1.29, 1.82) is 0 Å². The van der Waals surface area contributed by atoms with Gasteiger partial charge >= 0.3 is 0 Å². The van der Waals surface area contributed by atoms with Gasteiger partial charge in [-0.15, -0.1) is 0 Å². The standard InChI is InChI=1S/C22H29FN6O/c1-14-18(12-25-27-14)21(30)29-9-5-7-16(13-29)20-19(11-24-22(26-20)28(2)3)15-6-4-8-17(23)10-15/h4,6,8,10-11,14,16,18,25,27H,5,7,9,12-13H2,1-3H3. The van der Waals surface area contributed by atoms with Gasteiger partial charge in [-0.05, 0) is 37.5 Å². The van der Waals surface area contributed by atoms with Crippen molar-refractivity contribution in [3.05, 3.63) is 42.0 Å². The third-order valence-electron chi connectivity index (χ3n) is 6.03. The number of anilines is 1. The number of halogens is 1. The zero-order valence-electron chi connectivity index (χ0n) is 17.7. The van der Waals surface area contributed by atoms with Gasteiger partial charge in [-0.2, -0.15) is 0 Å². The highest BCUT2D eigenvalue weighted by Gasteiger charge is 2.36. The second-order valence-electron chi connectivity index (χ2n) is 8.42. The van der Waals surface area contributed by atoms with E-state index in [-0.39, 0.29) is 29.6 Å². The molecule has 160 valence electrons. The first-order valence-corrected chi connectivity index (χ1v) is 10.5. The van der Waals surface area contributed by atoms with Gasteiger partial charge in [0.05, 0.1) is 11.6 Å². The van der Waals surface area contributed by atoms with E-state index in [4.69, 9.17) is 4.98 Å². The summed E-state index contributed by atoms with van der Waals surface area (Å²) in [5.41, 5.74) is 8.68. The van der Waals surface area contributed by atoms with E-state index in [0.717, 1.165) is 36.2 Å². The first-order valence-electron chi connectivity index (χ1n) is 10.5. The van der Waals surface area contributed by atoms with Gasteiger partial charge in [0, 0.05) is 57.4 Å². The Hall–Kier alpha value is -2.58. The molecule has 2 aliphatic heterocycles. The van der Waals surface area contributed by atoms with Gasteiger partial charge < -0.3 is 9.80 Å². The number of aromatic nitrogens is 2. The zero-order valence-corrected chi connectivity index (χ0v) is 17.7. The number of nitrogens with one attached hydrogen (secondary N) is 2. The van der Waals surface area contributed by atoms with E-state index in [1.807, 2.05) is 36.9 Å². The Bertz CT molecular complexity index is 920. The molecule has 2 fully saturated rings. The lowest BCUT2D eigenvalue weighted by Crippen LogP contribution is -2.45. The number of hydrogen-bond donors (Lipinski definition) is 2. The monoisotopic (exact) mass is 412 g/mol. The summed E-state index contributed by atoms with van der Waals surface area (Å²) >= 11 is 0. The predicted octanol–water partition coefficient (Wildman–Crippen LogP) is 2.17. The van der Waals surface area contributed by atoms with Gasteiger partial charge in [-0.1, -0.05) is 12.1 Å². The minimum Gasteiger partial charge on any atom is -0.347 e. The molecule has 2 aliphatic rings. The number of piperidine rings is 1. The van der Waals surface area contributed by atoms with Crippen LogP contribution in [0.15, 0.2) is 30.5 Å². The molecule has 2 saturated heterocycles. The smallest absolute Gasteiger partial charge is 0.228 e. The van der Waals surface area contributed by atoms with Gasteiger partial charge in [0.1, 0.15) is 5.82 Å². The fourth-order valence-electron chi connectivity index (χ4n) is 4.33. The van der Waals surface area contributed by atoms with Crippen molar-refractivity contribution >= 4 is 11.9 Å². The number of amides is 1.